The van der Waals surface area contributed by atoms with Gasteiger partial charge in [-0.05, 0) is 85.5 Å². The number of anilines is 3. The van der Waals surface area contributed by atoms with E-state index in [2.05, 4.69) is 14.9 Å². The lowest BCUT2D eigenvalue weighted by Gasteiger charge is -2.33. The van der Waals surface area contributed by atoms with Crippen LogP contribution in [0, 0.1) is 23.0 Å². The summed E-state index contributed by atoms with van der Waals surface area (Å²) in [6.45, 7) is 12.8. The van der Waals surface area contributed by atoms with Crippen molar-refractivity contribution >= 4 is 72.8 Å². The van der Waals surface area contributed by atoms with Crippen LogP contribution in [0.3, 0.4) is 0 Å². The molecule has 3 aliphatic rings. The lowest BCUT2D eigenvalue weighted by molar-refractivity contribution is 0.0428. The van der Waals surface area contributed by atoms with E-state index in [0.717, 1.165) is 28.7 Å². The van der Waals surface area contributed by atoms with Crippen LogP contribution in [-0.2, 0) is 9.47 Å². The summed E-state index contributed by atoms with van der Waals surface area (Å²) in [7, 11) is 0. The first kappa shape index (κ1) is 44.0. The number of ether oxygens (including phenoxy) is 4. The van der Waals surface area contributed by atoms with Gasteiger partial charge in [0.25, 0.3) is 0 Å². The number of nitrogen functional groups attached to an aromatic ring is 1. The predicted molar refractivity (Wildman–Crippen MR) is 233 cm³/mol. The highest BCUT2D eigenvalue weighted by molar-refractivity contribution is 7.23. The fraction of sp³-hybridized carbons (Fsp3) is 0.455. The van der Waals surface area contributed by atoms with Gasteiger partial charge in [-0.3, -0.25) is 4.90 Å². The number of amides is 2. The van der Waals surface area contributed by atoms with Gasteiger partial charge in [0.05, 0.1) is 38.8 Å². The van der Waals surface area contributed by atoms with Crippen LogP contribution in [0.25, 0.3) is 32.1 Å². The fourth-order valence-corrected chi connectivity index (χ4v) is 10.0. The SMILES string of the molecule is C[C@H](c1cccnc1N(C(=O)OC(C)(C)C)C(=O)OC(C)(C)C)N1CCOc2c(Cl)c(-c3ccc(F)c4sc(N)c(C#N)c34)c(F)c3nc(OC[C@@]45CCCN4C[C@H](F)C5)nc1c23. The third-order valence-electron chi connectivity index (χ3n) is 11.3. The second-order valence-electron chi connectivity index (χ2n) is 17.9. The second-order valence-corrected chi connectivity index (χ2v) is 19.4. The van der Waals surface area contributed by atoms with Gasteiger partial charge in [0.2, 0.25) is 0 Å². The van der Waals surface area contributed by atoms with Crippen LogP contribution in [0.1, 0.15) is 84.9 Å². The van der Waals surface area contributed by atoms with Crippen molar-refractivity contribution < 1.29 is 41.7 Å². The Hall–Kier alpha value is -5.64. The number of hydrogen-bond donors (Lipinski definition) is 1. The number of imide groups is 1. The Kier molecular flexibility index (Phi) is 11.3. The molecule has 0 radical (unpaired) electrons. The molecule has 3 aliphatic heterocycles. The molecule has 2 saturated heterocycles. The summed E-state index contributed by atoms with van der Waals surface area (Å²) in [6, 6.07) is 6.78. The van der Waals surface area contributed by atoms with E-state index in [1.54, 1.807) is 65.5 Å². The van der Waals surface area contributed by atoms with Crippen LogP contribution in [0.2, 0.25) is 5.02 Å². The van der Waals surface area contributed by atoms with Crippen LogP contribution in [-0.4, -0.2) is 87.8 Å². The molecule has 0 saturated carbocycles. The summed E-state index contributed by atoms with van der Waals surface area (Å²) in [5.74, 6) is -1.56. The van der Waals surface area contributed by atoms with Crippen molar-refractivity contribution in [1.82, 2.24) is 19.9 Å². The monoisotopic (exact) mass is 906 g/mol. The molecule has 5 aromatic rings. The standard InChI is InChI=1S/C44H46ClF3N8O6S/c1-22(24-10-8-14-51-37(24)56(40(57)61-42(2,3)4)41(58)62-43(5,6)7)55-16-17-59-34-30-33(52-39(53-38(30)55)60-21-44-13-9-15-54(44)20-23(46)18-44)32(48)29(31(34)45)25-11-12-27(47)35-28(25)26(19-49)36(50)63-35/h8,10-12,14,22-23H,9,13,15-18,20-21,50H2,1-7H3/t22-,23-,44+/m1/s1. The average Bonchev–Trinajstić information content (AvgIpc) is 3.80. The molecule has 332 valence electrons. The Morgan fingerprint density at radius 2 is 1.83 bits per heavy atom. The van der Waals surface area contributed by atoms with Crippen LogP contribution < -0.4 is 25.0 Å². The molecule has 2 N–H and O–H groups in total. The minimum Gasteiger partial charge on any atom is -0.489 e. The van der Waals surface area contributed by atoms with Crippen molar-refractivity contribution in [3.63, 3.8) is 0 Å². The molecular formula is C44H46ClF3N8O6S. The third-order valence-corrected chi connectivity index (χ3v) is 12.7. The maximum absolute atomic E-state index is 17.7. The van der Waals surface area contributed by atoms with Gasteiger partial charge in [-0.25, -0.2) is 27.7 Å². The van der Waals surface area contributed by atoms with Gasteiger partial charge in [-0.2, -0.15) is 20.1 Å². The van der Waals surface area contributed by atoms with Crippen molar-refractivity contribution in [3.8, 4) is 29.0 Å². The van der Waals surface area contributed by atoms with Gasteiger partial charge >= 0.3 is 18.2 Å². The third kappa shape index (κ3) is 7.99. The molecule has 3 atom stereocenters. The Morgan fingerprint density at radius 3 is 2.51 bits per heavy atom. The molecule has 2 amide bonds. The number of nitrogens with zero attached hydrogens (tertiary/aromatic N) is 7. The lowest BCUT2D eigenvalue weighted by atomic mass is 9.95. The van der Waals surface area contributed by atoms with Gasteiger partial charge in [0, 0.05) is 35.7 Å². The molecule has 0 bridgehead atoms. The smallest absolute Gasteiger partial charge is 0.425 e. The normalized spacial score (nSPS) is 19.3. The number of aromatic nitrogens is 3. The lowest BCUT2D eigenvalue weighted by Crippen LogP contribution is -2.45. The number of hydrogen-bond acceptors (Lipinski definition) is 14. The summed E-state index contributed by atoms with van der Waals surface area (Å²) in [5.41, 5.74) is 3.46. The van der Waals surface area contributed by atoms with E-state index < -0.39 is 52.8 Å². The van der Waals surface area contributed by atoms with Crippen LogP contribution >= 0.6 is 22.9 Å². The maximum atomic E-state index is 17.7. The Labute approximate surface area is 370 Å². The topological polar surface area (TPSA) is 169 Å². The highest BCUT2D eigenvalue weighted by Gasteiger charge is 2.49. The number of thiophene rings is 1. The number of halogens is 4. The van der Waals surface area contributed by atoms with Crippen molar-refractivity contribution in [2.45, 2.75) is 96.7 Å². The summed E-state index contributed by atoms with van der Waals surface area (Å²) in [4.78, 5) is 46.3. The van der Waals surface area contributed by atoms with Crippen LogP contribution in [0.5, 0.6) is 11.8 Å². The number of nitriles is 1. The highest BCUT2D eigenvalue weighted by Crippen LogP contribution is 2.52. The van der Waals surface area contributed by atoms with Crippen LogP contribution in [0.4, 0.5) is 39.4 Å². The Morgan fingerprint density at radius 1 is 1.11 bits per heavy atom. The number of carbonyl (C=O) groups excluding carboxylic acids is 2. The van der Waals surface area contributed by atoms with E-state index in [9.17, 15) is 19.2 Å². The van der Waals surface area contributed by atoms with Crippen LogP contribution in [0.15, 0.2) is 30.5 Å². The van der Waals surface area contributed by atoms with Crippen molar-refractivity contribution in [3.05, 3.63) is 58.2 Å². The van der Waals surface area contributed by atoms with Crippen molar-refractivity contribution in [2.75, 3.05) is 48.4 Å². The number of rotatable bonds is 7. The average molecular weight is 907 g/mol. The van der Waals surface area contributed by atoms with E-state index in [1.807, 2.05) is 6.07 Å². The molecule has 63 heavy (non-hydrogen) atoms. The summed E-state index contributed by atoms with van der Waals surface area (Å²) < 4.78 is 71.9. The number of fused-ring (bicyclic) bond motifs is 2. The molecule has 2 aromatic carbocycles. The van der Waals surface area contributed by atoms with Crippen molar-refractivity contribution in [2.24, 2.45) is 0 Å². The summed E-state index contributed by atoms with van der Waals surface area (Å²) >= 11 is 8.02. The first-order valence-corrected chi connectivity index (χ1v) is 21.7. The maximum Gasteiger partial charge on any atom is 0.425 e. The van der Waals surface area contributed by atoms with E-state index in [0.29, 0.717) is 18.5 Å². The molecule has 0 spiro atoms. The molecule has 0 unspecified atom stereocenters. The van der Waals surface area contributed by atoms with E-state index in [-0.39, 0.29) is 104 Å². The quantitative estimate of drug-likeness (QED) is 0.164. The number of carbonyl (C=O) groups is 2. The number of benzene rings is 2. The molecule has 3 aromatic heterocycles. The zero-order valence-corrected chi connectivity index (χ0v) is 37.3. The molecule has 2 fully saturated rings. The van der Waals surface area contributed by atoms with Gasteiger partial charge in [0.15, 0.2) is 17.4 Å². The predicted octanol–water partition coefficient (Wildman–Crippen LogP) is 9.88. The number of nitrogens with two attached hydrogens (primary N) is 1. The minimum atomic E-state index is -1.04. The van der Waals surface area contributed by atoms with E-state index in [1.165, 1.54) is 12.3 Å². The van der Waals surface area contributed by atoms with Gasteiger partial charge in [-0.1, -0.05) is 23.7 Å². The molecule has 8 rings (SSSR count). The summed E-state index contributed by atoms with van der Waals surface area (Å²) in [6.07, 6.45) is 0.110. The Bertz CT molecular complexity index is 2690. The molecule has 14 nitrogen and oxygen atoms in total. The second kappa shape index (κ2) is 16.2. The number of alkyl halides is 1. The highest BCUT2D eigenvalue weighted by atomic mass is 35.5. The first-order valence-electron chi connectivity index (χ1n) is 20.5. The fourth-order valence-electron chi connectivity index (χ4n) is 8.72. The minimum absolute atomic E-state index is 0.00525. The Balaban J connectivity index is 1.32. The van der Waals surface area contributed by atoms with E-state index in [4.69, 9.17) is 41.3 Å². The first-order chi connectivity index (χ1) is 29.7. The molecule has 0 aliphatic carbocycles. The van der Waals surface area contributed by atoms with Crippen molar-refractivity contribution in [1.29, 1.82) is 5.26 Å². The van der Waals surface area contributed by atoms with Gasteiger partial charge in [0.1, 0.15) is 58.8 Å². The van der Waals surface area contributed by atoms with E-state index >= 15 is 8.78 Å². The van der Waals surface area contributed by atoms with Gasteiger partial charge in [-0.15, -0.1) is 11.3 Å². The molecule has 19 heteroatoms. The largest absolute Gasteiger partial charge is 0.489 e. The summed E-state index contributed by atoms with van der Waals surface area (Å²) in [5, 5.41) is 10.1. The zero-order chi connectivity index (χ0) is 45.3. The zero-order valence-electron chi connectivity index (χ0n) is 35.8. The van der Waals surface area contributed by atoms with Gasteiger partial charge < -0.3 is 29.6 Å². The molecule has 6 heterocycles. The molecular weight excluding hydrogens is 861 g/mol. The number of pyridine rings is 1.